The quantitative estimate of drug-likeness (QED) is 0.746. The van der Waals surface area contributed by atoms with Crippen LogP contribution in [0, 0.1) is 5.92 Å². The fourth-order valence-electron chi connectivity index (χ4n) is 1.83. The molecule has 1 heterocycles. The summed E-state index contributed by atoms with van der Waals surface area (Å²) in [6.07, 6.45) is 3.85. The van der Waals surface area contributed by atoms with Gasteiger partial charge in [0.25, 0.3) is 0 Å². The molecule has 0 bridgehead atoms. The second kappa shape index (κ2) is 7.02. The Morgan fingerprint density at radius 3 is 2.73 bits per heavy atom. The Bertz CT molecular complexity index is 241. The lowest BCUT2D eigenvalue weighted by atomic mass is 9.96. The molecule has 15 heavy (non-hydrogen) atoms. The zero-order valence-corrected chi connectivity index (χ0v) is 10.9. The van der Waals surface area contributed by atoms with Crippen LogP contribution in [-0.4, -0.2) is 12.6 Å². The van der Waals surface area contributed by atoms with Gasteiger partial charge in [0, 0.05) is 6.04 Å². The Morgan fingerprint density at radius 1 is 1.40 bits per heavy atom. The van der Waals surface area contributed by atoms with Gasteiger partial charge in [0.2, 0.25) is 0 Å². The molecule has 1 nitrogen and oxygen atoms in total. The molecule has 1 aromatic rings. The zero-order valence-electron chi connectivity index (χ0n) is 10.1. The monoisotopic (exact) mass is 225 g/mol. The van der Waals surface area contributed by atoms with Gasteiger partial charge in [-0.15, -0.1) is 0 Å². The van der Waals surface area contributed by atoms with Crippen LogP contribution < -0.4 is 5.32 Å². The minimum Gasteiger partial charge on any atom is -0.314 e. The molecule has 0 amide bonds. The molecule has 1 unspecified atom stereocenters. The summed E-state index contributed by atoms with van der Waals surface area (Å²) in [4.78, 5) is 0. The van der Waals surface area contributed by atoms with Crippen LogP contribution in [0.4, 0.5) is 0 Å². The van der Waals surface area contributed by atoms with E-state index in [2.05, 4.69) is 42.9 Å². The van der Waals surface area contributed by atoms with Crippen LogP contribution in [-0.2, 0) is 6.42 Å². The fraction of sp³-hybridized carbons (Fsp3) is 0.692. The highest BCUT2D eigenvalue weighted by Crippen LogP contribution is 2.16. The van der Waals surface area contributed by atoms with Crippen LogP contribution in [0.2, 0.25) is 0 Å². The van der Waals surface area contributed by atoms with Crippen LogP contribution in [0.3, 0.4) is 0 Å². The third kappa shape index (κ3) is 5.33. The molecule has 0 fully saturated rings. The molecule has 0 aliphatic rings. The largest absolute Gasteiger partial charge is 0.314 e. The maximum absolute atomic E-state index is 3.55. The zero-order chi connectivity index (χ0) is 11.1. The molecular formula is C13H23NS. The van der Waals surface area contributed by atoms with Crippen molar-refractivity contribution >= 4 is 11.3 Å². The molecule has 0 saturated heterocycles. The molecule has 2 heteroatoms. The molecule has 0 radical (unpaired) electrons. The first kappa shape index (κ1) is 12.7. The van der Waals surface area contributed by atoms with E-state index in [4.69, 9.17) is 0 Å². The van der Waals surface area contributed by atoms with Gasteiger partial charge in [-0.05, 0) is 47.7 Å². The lowest BCUT2D eigenvalue weighted by Gasteiger charge is -2.18. The third-order valence-electron chi connectivity index (χ3n) is 2.62. The molecule has 1 atom stereocenters. The van der Waals surface area contributed by atoms with Gasteiger partial charge in [-0.1, -0.05) is 27.2 Å². The average molecular weight is 225 g/mol. The van der Waals surface area contributed by atoms with Crippen molar-refractivity contribution in [3.63, 3.8) is 0 Å². The molecule has 0 aliphatic heterocycles. The van der Waals surface area contributed by atoms with Gasteiger partial charge < -0.3 is 5.32 Å². The van der Waals surface area contributed by atoms with Crippen molar-refractivity contribution in [3.8, 4) is 0 Å². The number of rotatable bonds is 7. The SMILES string of the molecule is CCCC(CNC(C)C)Cc1ccsc1. The van der Waals surface area contributed by atoms with Crippen molar-refractivity contribution in [2.75, 3.05) is 6.54 Å². The number of hydrogen-bond acceptors (Lipinski definition) is 2. The van der Waals surface area contributed by atoms with Gasteiger partial charge in [-0.2, -0.15) is 11.3 Å². The Hall–Kier alpha value is -0.340. The van der Waals surface area contributed by atoms with Gasteiger partial charge in [0.05, 0.1) is 0 Å². The first-order chi connectivity index (χ1) is 7.22. The van der Waals surface area contributed by atoms with Gasteiger partial charge in [-0.3, -0.25) is 0 Å². The van der Waals surface area contributed by atoms with Gasteiger partial charge in [0.1, 0.15) is 0 Å². The Kier molecular flexibility index (Phi) is 5.96. The van der Waals surface area contributed by atoms with Gasteiger partial charge in [-0.25, -0.2) is 0 Å². The van der Waals surface area contributed by atoms with Crippen LogP contribution in [0.15, 0.2) is 16.8 Å². The number of hydrogen-bond donors (Lipinski definition) is 1. The Balaban J connectivity index is 2.36. The summed E-state index contributed by atoms with van der Waals surface area (Å²) in [5.74, 6) is 0.798. The second-order valence-electron chi connectivity index (χ2n) is 4.55. The van der Waals surface area contributed by atoms with E-state index in [0.29, 0.717) is 6.04 Å². The molecule has 1 N–H and O–H groups in total. The average Bonchev–Trinajstić information content (AvgIpc) is 2.67. The lowest BCUT2D eigenvalue weighted by molar-refractivity contribution is 0.419. The molecule has 1 aromatic heterocycles. The van der Waals surface area contributed by atoms with E-state index in [-0.39, 0.29) is 0 Å². The smallest absolute Gasteiger partial charge is 0.00104 e. The minimum atomic E-state index is 0.604. The fourth-order valence-corrected chi connectivity index (χ4v) is 2.51. The Labute approximate surface area is 97.9 Å². The summed E-state index contributed by atoms with van der Waals surface area (Å²) in [5.41, 5.74) is 1.50. The van der Waals surface area contributed by atoms with Crippen molar-refractivity contribution in [1.82, 2.24) is 5.32 Å². The minimum absolute atomic E-state index is 0.604. The van der Waals surface area contributed by atoms with E-state index >= 15 is 0 Å². The topological polar surface area (TPSA) is 12.0 Å². The number of thiophene rings is 1. The summed E-state index contributed by atoms with van der Waals surface area (Å²) in [6.45, 7) is 7.86. The van der Waals surface area contributed by atoms with Crippen molar-refractivity contribution in [2.24, 2.45) is 5.92 Å². The van der Waals surface area contributed by atoms with Gasteiger partial charge >= 0.3 is 0 Å². The summed E-state index contributed by atoms with van der Waals surface area (Å²) in [6, 6.07) is 2.86. The van der Waals surface area contributed by atoms with E-state index in [1.807, 2.05) is 0 Å². The highest BCUT2D eigenvalue weighted by Gasteiger charge is 2.09. The summed E-state index contributed by atoms with van der Waals surface area (Å²) < 4.78 is 0. The molecule has 0 saturated carbocycles. The van der Waals surface area contributed by atoms with Crippen molar-refractivity contribution in [3.05, 3.63) is 22.4 Å². The maximum atomic E-state index is 3.55. The van der Waals surface area contributed by atoms with E-state index in [0.717, 1.165) is 12.5 Å². The van der Waals surface area contributed by atoms with Crippen LogP contribution >= 0.6 is 11.3 Å². The first-order valence-corrected chi connectivity index (χ1v) is 6.91. The first-order valence-electron chi connectivity index (χ1n) is 5.96. The summed E-state index contributed by atoms with van der Waals surface area (Å²) in [5, 5.41) is 8.00. The third-order valence-corrected chi connectivity index (χ3v) is 3.35. The molecular weight excluding hydrogens is 202 g/mol. The molecule has 86 valence electrons. The predicted octanol–water partition coefficient (Wildman–Crippen LogP) is 3.70. The lowest BCUT2D eigenvalue weighted by Crippen LogP contribution is -2.29. The van der Waals surface area contributed by atoms with E-state index < -0.39 is 0 Å². The van der Waals surface area contributed by atoms with E-state index in [9.17, 15) is 0 Å². The maximum Gasteiger partial charge on any atom is 0.00104 e. The predicted molar refractivity (Wildman–Crippen MR) is 69.6 cm³/mol. The number of nitrogens with one attached hydrogen (secondary N) is 1. The molecule has 0 aliphatic carbocycles. The van der Waals surface area contributed by atoms with Crippen molar-refractivity contribution in [2.45, 2.75) is 46.1 Å². The molecule has 0 spiro atoms. The van der Waals surface area contributed by atoms with Crippen LogP contribution in [0.25, 0.3) is 0 Å². The molecule has 0 aromatic carbocycles. The van der Waals surface area contributed by atoms with Crippen LogP contribution in [0.1, 0.15) is 39.2 Å². The standard InChI is InChI=1S/C13H23NS/c1-4-5-12(9-14-11(2)3)8-13-6-7-15-10-13/h6-7,10-12,14H,4-5,8-9H2,1-3H3. The van der Waals surface area contributed by atoms with Gasteiger partial charge in [0.15, 0.2) is 0 Å². The molecule has 1 rings (SSSR count). The van der Waals surface area contributed by atoms with Crippen molar-refractivity contribution in [1.29, 1.82) is 0 Å². The van der Waals surface area contributed by atoms with E-state index in [1.54, 1.807) is 11.3 Å². The van der Waals surface area contributed by atoms with Crippen molar-refractivity contribution < 1.29 is 0 Å². The van der Waals surface area contributed by atoms with Crippen LogP contribution in [0.5, 0.6) is 0 Å². The Morgan fingerprint density at radius 2 is 2.20 bits per heavy atom. The highest BCUT2D eigenvalue weighted by molar-refractivity contribution is 7.07. The summed E-state index contributed by atoms with van der Waals surface area (Å²) >= 11 is 1.80. The highest BCUT2D eigenvalue weighted by atomic mass is 32.1. The summed E-state index contributed by atoms with van der Waals surface area (Å²) in [7, 11) is 0. The normalized spacial score (nSPS) is 13.3. The van der Waals surface area contributed by atoms with E-state index in [1.165, 1.54) is 24.8 Å². The second-order valence-corrected chi connectivity index (χ2v) is 5.33.